The maximum Gasteiger partial charge on any atom is 0.227 e. The van der Waals surface area contributed by atoms with Gasteiger partial charge in [-0.1, -0.05) is 48.0 Å². The molecule has 4 nitrogen and oxygen atoms in total. The Labute approximate surface area is 145 Å². The molecule has 3 rings (SSSR count). The molecule has 24 heavy (non-hydrogen) atoms. The highest BCUT2D eigenvalue weighted by Crippen LogP contribution is 2.23. The Morgan fingerprint density at radius 1 is 1.17 bits per heavy atom. The summed E-state index contributed by atoms with van der Waals surface area (Å²) in [6, 6.07) is 15.4. The molecule has 124 valence electrons. The van der Waals surface area contributed by atoms with Crippen LogP contribution in [0.5, 0.6) is 0 Å². The van der Waals surface area contributed by atoms with Crippen molar-refractivity contribution in [1.82, 2.24) is 9.88 Å². The lowest BCUT2D eigenvalue weighted by atomic mass is 10.1. The van der Waals surface area contributed by atoms with E-state index in [1.54, 1.807) is 4.90 Å². The smallest absolute Gasteiger partial charge is 0.227 e. The molecule has 0 unspecified atom stereocenters. The number of amides is 1. The summed E-state index contributed by atoms with van der Waals surface area (Å²) in [5.74, 6) is -0.0104. The number of benzene rings is 2. The number of hydrogen-bond donors (Lipinski definition) is 2. The molecule has 0 saturated carbocycles. The number of aromatic amines is 1. The summed E-state index contributed by atoms with van der Waals surface area (Å²) in [4.78, 5) is 17.5. The predicted molar refractivity (Wildman–Crippen MR) is 96.0 cm³/mol. The topological polar surface area (TPSA) is 56.3 Å². The first-order valence-electron chi connectivity index (χ1n) is 7.85. The molecular formula is C19H19ClN2O2. The van der Waals surface area contributed by atoms with Crippen molar-refractivity contribution in [2.24, 2.45) is 0 Å². The van der Waals surface area contributed by atoms with Gasteiger partial charge in [-0.05, 0) is 23.3 Å². The van der Waals surface area contributed by atoms with Crippen molar-refractivity contribution in [2.75, 3.05) is 13.2 Å². The Morgan fingerprint density at radius 3 is 2.71 bits per heavy atom. The number of H-pyrrole nitrogens is 1. The quantitative estimate of drug-likeness (QED) is 0.721. The van der Waals surface area contributed by atoms with E-state index in [2.05, 4.69) is 4.98 Å². The molecule has 1 aromatic heterocycles. The summed E-state index contributed by atoms with van der Waals surface area (Å²) in [6.45, 7) is 0.762. The van der Waals surface area contributed by atoms with Crippen LogP contribution in [-0.2, 0) is 17.8 Å². The summed E-state index contributed by atoms with van der Waals surface area (Å²) >= 11 is 5.99. The van der Waals surface area contributed by atoms with Crippen molar-refractivity contribution in [3.8, 4) is 0 Å². The lowest BCUT2D eigenvalue weighted by Gasteiger charge is -2.22. The Kier molecular flexibility index (Phi) is 5.18. The molecule has 2 aromatic carbocycles. The number of rotatable bonds is 6. The summed E-state index contributed by atoms with van der Waals surface area (Å²) in [6.07, 6.45) is 2.13. The van der Waals surface area contributed by atoms with Gasteiger partial charge in [-0.15, -0.1) is 0 Å². The SMILES string of the molecule is O=C(Cc1c[nH]c2cc(Cl)ccc12)N(CCO)Cc1ccccc1. The van der Waals surface area contributed by atoms with Crippen LogP contribution in [0.15, 0.2) is 54.7 Å². The molecular weight excluding hydrogens is 324 g/mol. The number of fused-ring (bicyclic) bond motifs is 1. The molecule has 0 aliphatic rings. The number of halogens is 1. The van der Waals surface area contributed by atoms with Crippen molar-refractivity contribution in [1.29, 1.82) is 0 Å². The standard InChI is InChI=1S/C19H19ClN2O2/c20-16-6-7-17-15(12-21-18(17)11-16)10-19(24)22(8-9-23)13-14-4-2-1-3-5-14/h1-7,11-12,21,23H,8-10,13H2. The van der Waals surface area contributed by atoms with Gasteiger partial charge in [-0.25, -0.2) is 0 Å². The molecule has 0 bridgehead atoms. The van der Waals surface area contributed by atoms with Crippen LogP contribution in [0, 0.1) is 0 Å². The maximum absolute atomic E-state index is 12.7. The number of aliphatic hydroxyl groups is 1. The van der Waals surface area contributed by atoms with Gasteiger partial charge in [0.05, 0.1) is 13.0 Å². The largest absolute Gasteiger partial charge is 0.395 e. The fourth-order valence-electron chi connectivity index (χ4n) is 2.80. The normalized spacial score (nSPS) is 10.9. The molecule has 0 radical (unpaired) electrons. The van der Waals surface area contributed by atoms with Crippen LogP contribution in [-0.4, -0.2) is 34.0 Å². The fraction of sp³-hybridized carbons (Fsp3) is 0.211. The van der Waals surface area contributed by atoms with E-state index in [-0.39, 0.29) is 18.9 Å². The van der Waals surface area contributed by atoms with Crippen molar-refractivity contribution >= 4 is 28.4 Å². The number of nitrogens with one attached hydrogen (secondary N) is 1. The summed E-state index contributed by atoms with van der Waals surface area (Å²) in [7, 11) is 0. The Hall–Kier alpha value is -2.30. The van der Waals surface area contributed by atoms with Crippen molar-refractivity contribution in [2.45, 2.75) is 13.0 Å². The average Bonchev–Trinajstić information content (AvgIpc) is 2.97. The number of carbonyl (C=O) groups excluding carboxylic acids is 1. The minimum atomic E-state index is -0.0535. The van der Waals surface area contributed by atoms with E-state index < -0.39 is 0 Å². The number of hydrogen-bond acceptors (Lipinski definition) is 2. The molecule has 1 heterocycles. The van der Waals surface area contributed by atoms with E-state index in [9.17, 15) is 9.90 Å². The highest BCUT2D eigenvalue weighted by molar-refractivity contribution is 6.31. The molecule has 0 aliphatic carbocycles. The molecule has 2 N–H and O–H groups in total. The van der Waals surface area contributed by atoms with Gasteiger partial charge in [0.1, 0.15) is 0 Å². The molecule has 3 aromatic rings. The Bertz CT molecular complexity index is 830. The van der Waals surface area contributed by atoms with Gasteiger partial charge in [0, 0.05) is 35.2 Å². The van der Waals surface area contributed by atoms with Gasteiger partial charge in [-0.2, -0.15) is 0 Å². The Morgan fingerprint density at radius 2 is 1.96 bits per heavy atom. The molecule has 1 amide bonds. The van der Waals surface area contributed by atoms with Gasteiger partial charge in [0.2, 0.25) is 5.91 Å². The lowest BCUT2D eigenvalue weighted by Crippen LogP contribution is -2.34. The first-order valence-corrected chi connectivity index (χ1v) is 8.23. The van der Waals surface area contributed by atoms with Crippen LogP contribution in [0.2, 0.25) is 5.02 Å². The molecule has 0 saturated heterocycles. The van der Waals surface area contributed by atoms with Crippen molar-refractivity contribution in [3.05, 3.63) is 70.9 Å². The lowest BCUT2D eigenvalue weighted by molar-refractivity contribution is -0.131. The second-order valence-electron chi connectivity index (χ2n) is 5.71. The van der Waals surface area contributed by atoms with Crippen molar-refractivity contribution < 1.29 is 9.90 Å². The van der Waals surface area contributed by atoms with Crippen molar-refractivity contribution in [3.63, 3.8) is 0 Å². The highest BCUT2D eigenvalue weighted by atomic mass is 35.5. The number of nitrogens with zero attached hydrogens (tertiary/aromatic N) is 1. The number of aliphatic hydroxyl groups excluding tert-OH is 1. The van der Waals surface area contributed by atoms with Crippen LogP contribution in [0.3, 0.4) is 0 Å². The molecule has 0 aliphatic heterocycles. The summed E-state index contributed by atoms with van der Waals surface area (Å²) in [5, 5.41) is 10.9. The van der Waals surface area contributed by atoms with E-state index in [1.807, 2.05) is 54.7 Å². The minimum absolute atomic E-state index is 0.0104. The zero-order chi connectivity index (χ0) is 16.9. The Balaban J connectivity index is 1.77. The van der Waals surface area contributed by atoms with Crippen LogP contribution in [0.1, 0.15) is 11.1 Å². The minimum Gasteiger partial charge on any atom is -0.395 e. The zero-order valence-electron chi connectivity index (χ0n) is 13.2. The second kappa shape index (κ2) is 7.51. The van der Waals surface area contributed by atoms with Crippen LogP contribution < -0.4 is 0 Å². The summed E-state index contributed by atoms with van der Waals surface area (Å²) in [5.41, 5.74) is 2.90. The maximum atomic E-state index is 12.7. The zero-order valence-corrected chi connectivity index (χ0v) is 14.0. The van der Waals surface area contributed by atoms with E-state index in [0.717, 1.165) is 22.0 Å². The molecule has 0 spiro atoms. The second-order valence-corrected chi connectivity index (χ2v) is 6.14. The molecule has 5 heteroatoms. The third-order valence-electron chi connectivity index (χ3n) is 4.01. The summed E-state index contributed by atoms with van der Waals surface area (Å²) < 4.78 is 0. The number of carbonyl (C=O) groups is 1. The van der Waals surface area contributed by atoms with E-state index in [0.29, 0.717) is 18.1 Å². The first-order chi connectivity index (χ1) is 11.7. The number of aromatic nitrogens is 1. The van der Waals surface area contributed by atoms with Crippen LogP contribution in [0.4, 0.5) is 0 Å². The fourth-order valence-corrected chi connectivity index (χ4v) is 2.97. The van der Waals surface area contributed by atoms with Gasteiger partial charge < -0.3 is 15.0 Å². The molecule has 0 fully saturated rings. The third-order valence-corrected chi connectivity index (χ3v) is 4.25. The van der Waals surface area contributed by atoms with E-state index >= 15 is 0 Å². The van der Waals surface area contributed by atoms with Crippen LogP contribution >= 0.6 is 11.6 Å². The van der Waals surface area contributed by atoms with E-state index in [4.69, 9.17) is 11.6 Å². The van der Waals surface area contributed by atoms with Gasteiger partial charge in [0.25, 0.3) is 0 Å². The van der Waals surface area contributed by atoms with E-state index in [1.165, 1.54) is 0 Å². The van der Waals surface area contributed by atoms with Crippen LogP contribution in [0.25, 0.3) is 10.9 Å². The first kappa shape index (κ1) is 16.6. The third kappa shape index (κ3) is 3.78. The van der Waals surface area contributed by atoms with Gasteiger partial charge >= 0.3 is 0 Å². The molecule has 0 atom stereocenters. The average molecular weight is 343 g/mol. The van der Waals surface area contributed by atoms with Gasteiger partial charge in [-0.3, -0.25) is 4.79 Å². The van der Waals surface area contributed by atoms with Gasteiger partial charge in [0.15, 0.2) is 0 Å². The monoisotopic (exact) mass is 342 g/mol. The highest BCUT2D eigenvalue weighted by Gasteiger charge is 2.16. The predicted octanol–water partition coefficient (Wildman–Crippen LogP) is 3.38.